The number of unbranched alkanes of at least 4 members (excludes halogenated alkanes) is 2. The molecule has 1 aromatic carbocycles. The highest BCUT2D eigenvalue weighted by Crippen LogP contribution is 2.32. The summed E-state index contributed by atoms with van der Waals surface area (Å²) in [5, 5.41) is 3.48. The Bertz CT molecular complexity index is 851. The maximum absolute atomic E-state index is 12.5. The standard InChI is InChI=1S/C22H26ClN3O2/c1-3-4-5-6-14(2)21(28)26-22-24-13-18-19(25-22)11-16(12-20(18)27)15-7-9-17(23)10-8-15/h7-10,13-14,16H,3-6,11-12H2,1-2H3,(H,24,25,26,28)/t14-,16-/m1/s1. The molecule has 1 heterocycles. The summed E-state index contributed by atoms with van der Waals surface area (Å²) in [6.07, 6.45) is 6.75. The first-order valence-corrected chi connectivity index (χ1v) is 10.3. The number of benzene rings is 1. The topological polar surface area (TPSA) is 72.0 Å². The molecule has 28 heavy (non-hydrogen) atoms. The van der Waals surface area contributed by atoms with E-state index in [4.69, 9.17) is 11.6 Å². The number of carbonyl (C=O) groups excluding carboxylic acids is 2. The molecular formula is C22H26ClN3O2. The summed E-state index contributed by atoms with van der Waals surface area (Å²) in [6, 6.07) is 7.57. The molecule has 148 valence electrons. The number of amides is 1. The van der Waals surface area contributed by atoms with Crippen LogP contribution in [-0.2, 0) is 11.2 Å². The average Bonchev–Trinajstić information content (AvgIpc) is 2.68. The van der Waals surface area contributed by atoms with Crippen LogP contribution >= 0.6 is 11.6 Å². The first kappa shape index (κ1) is 20.5. The van der Waals surface area contributed by atoms with Gasteiger partial charge in [-0.2, -0.15) is 0 Å². The molecule has 5 nitrogen and oxygen atoms in total. The zero-order valence-corrected chi connectivity index (χ0v) is 17.1. The van der Waals surface area contributed by atoms with Crippen molar-refractivity contribution < 1.29 is 9.59 Å². The van der Waals surface area contributed by atoms with Crippen LogP contribution in [0.1, 0.15) is 73.5 Å². The summed E-state index contributed by atoms with van der Waals surface area (Å²) in [5.74, 6) is 0.202. The van der Waals surface area contributed by atoms with Gasteiger partial charge in [-0.05, 0) is 36.5 Å². The van der Waals surface area contributed by atoms with Crippen LogP contribution in [0.3, 0.4) is 0 Å². The van der Waals surface area contributed by atoms with Gasteiger partial charge in [0.1, 0.15) is 0 Å². The predicted octanol–water partition coefficient (Wildman–Crippen LogP) is 5.20. The van der Waals surface area contributed by atoms with Gasteiger partial charge in [-0.1, -0.05) is 56.8 Å². The van der Waals surface area contributed by atoms with Crippen molar-refractivity contribution in [3.05, 3.63) is 52.3 Å². The van der Waals surface area contributed by atoms with Crippen molar-refractivity contribution in [1.29, 1.82) is 0 Å². The molecule has 1 aliphatic carbocycles. The van der Waals surface area contributed by atoms with E-state index < -0.39 is 0 Å². The molecular weight excluding hydrogens is 374 g/mol. The van der Waals surface area contributed by atoms with Gasteiger partial charge in [0.2, 0.25) is 11.9 Å². The van der Waals surface area contributed by atoms with E-state index in [9.17, 15) is 9.59 Å². The van der Waals surface area contributed by atoms with Crippen LogP contribution in [-0.4, -0.2) is 21.7 Å². The first-order valence-electron chi connectivity index (χ1n) is 9.93. The van der Waals surface area contributed by atoms with Crippen molar-refractivity contribution in [2.75, 3.05) is 5.32 Å². The van der Waals surface area contributed by atoms with Crippen LogP contribution in [0.5, 0.6) is 0 Å². The number of rotatable bonds is 7. The molecule has 0 spiro atoms. The SMILES string of the molecule is CCCCC[C@@H](C)C(=O)Nc1ncc2c(n1)C[C@@H](c1ccc(Cl)cc1)CC2=O. The molecule has 1 N–H and O–H groups in total. The predicted molar refractivity (Wildman–Crippen MR) is 111 cm³/mol. The number of carbonyl (C=O) groups is 2. The Morgan fingerprint density at radius 2 is 2.00 bits per heavy atom. The third-order valence-corrected chi connectivity index (χ3v) is 5.56. The number of hydrogen-bond acceptors (Lipinski definition) is 4. The Hall–Kier alpha value is -2.27. The van der Waals surface area contributed by atoms with Gasteiger partial charge in [0.05, 0.1) is 11.3 Å². The van der Waals surface area contributed by atoms with E-state index in [1.807, 2.05) is 31.2 Å². The minimum Gasteiger partial charge on any atom is -0.294 e. The van der Waals surface area contributed by atoms with Crippen molar-refractivity contribution in [3.63, 3.8) is 0 Å². The van der Waals surface area contributed by atoms with E-state index in [1.54, 1.807) is 6.20 Å². The van der Waals surface area contributed by atoms with Crippen LogP contribution < -0.4 is 5.32 Å². The maximum Gasteiger partial charge on any atom is 0.229 e. The Morgan fingerprint density at radius 3 is 2.71 bits per heavy atom. The molecule has 0 fully saturated rings. The zero-order chi connectivity index (χ0) is 20.1. The third-order valence-electron chi connectivity index (χ3n) is 5.30. The highest BCUT2D eigenvalue weighted by atomic mass is 35.5. The second-order valence-corrected chi connectivity index (χ2v) is 7.96. The highest BCUT2D eigenvalue weighted by Gasteiger charge is 2.28. The number of Topliss-reactive ketones (excluding diaryl/α,β-unsaturated/α-hetero) is 1. The summed E-state index contributed by atoms with van der Waals surface area (Å²) < 4.78 is 0. The Balaban J connectivity index is 1.71. The molecule has 0 saturated carbocycles. The molecule has 2 atom stereocenters. The number of aromatic nitrogens is 2. The second-order valence-electron chi connectivity index (χ2n) is 7.52. The molecule has 1 aromatic heterocycles. The van der Waals surface area contributed by atoms with Crippen molar-refractivity contribution >= 4 is 29.2 Å². The molecule has 0 radical (unpaired) electrons. The number of nitrogens with one attached hydrogen (secondary N) is 1. The number of halogens is 1. The Kier molecular flexibility index (Phi) is 6.79. The van der Waals surface area contributed by atoms with E-state index in [0.29, 0.717) is 29.1 Å². The molecule has 0 aliphatic heterocycles. The van der Waals surface area contributed by atoms with E-state index in [-0.39, 0.29) is 29.5 Å². The van der Waals surface area contributed by atoms with E-state index >= 15 is 0 Å². The molecule has 3 rings (SSSR count). The smallest absolute Gasteiger partial charge is 0.229 e. The second kappa shape index (κ2) is 9.28. The monoisotopic (exact) mass is 399 g/mol. The number of hydrogen-bond donors (Lipinski definition) is 1. The van der Waals surface area contributed by atoms with Gasteiger partial charge < -0.3 is 0 Å². The van der Waals surface area contributed by atoms with Crippen LogP contribution in [0.15, 0.2) is 30.5 Å². The largest absolute Gasteiger partial charge is 0.294 e. The van der Waals surface area contributed by atoms with Gasteiger partial charge in [-0.3, -0.25) is 14.9 Å². The molecule has 0 saturated heterocycles. The third kappa shape index (κ3) is 4.96. The molecule has 1 aliphatic rings. The fourth-order valence-electron chi connectivity index (χ4n) is 3.54. The van der Waals surface area contributed by atoms with Gasteiger partial charge in [-0.25, -0.2) is 9.97 Å². The van der Waals surface area contributed by atoms with Crippen molar-refractivity contribution in [3.8, 4) is 0 Å². The first-order chi connectivity index (χ1) is 13.5. The quantitative estimate of drug-likeness (QED) is 0.649. The van der Waals surface area contributed by atoms with Crippen molar-refractivity contribution in [1.82, 2.24) is 9.97 Å². The lowest BCUT2D eigenvalue weighted by Gasteiger charge is -2.23. The normalized spacial score (nSPS) is 17.1. The number of nitrogens with zero attached hydrogens (tertiary/aromatic N) is 2. The Morgan fingerprint density at radius 1 is 1.25 bits per heavy atom. The van der Waals surface area contributed by atoms with Crippen molar-refractivity contribution in [2.45, 2.75) is 58.3 Å². The van der Waals surface area contributed by atoms with Gasteiger partial charge in [-0.15, -0.1) is 0 Å². The molecule has 0 bridgehead atoms. The summed E-state index contributed by atoms with van der Waals surface area (Å²) in [4.78, 5) is 33.6. The summed E-state index contributed by atoms with van der Waals surface area (Å²) in [7, 11) is 0. The minimum atomic E-state index is -0.0883. The maximum atomic E-state index is 12.5. The van der Waals surface area contributed by atoms with Crippen LogP contribution in [0.25, 0.3) is 0 Å². The fourth-order valence-corrected chi connectivity index (χ4v) is 3.67. The summed E-state index contributed by atoms with van der Waals surface area (Å²) in [6.45, 7) is 4.06. The van der Waals surface area contributed by atoms with E-state index in [1.165, 1.54) is 0 Å². The molecule has 1 amide bonds. The average molecular weight is 400 g/mol. The van der Waals surface area contributed by atoms with Gasteiger partial charge >= 0.3 is 0 Å². The van der Waals surface area contributed by atoms with Gasteiger partial charge in [0, 0.05) is 23.6 Å². The van der Waals surface area contributed by atoms with Crippen LogP contribution in [0, 0.1) is 5.92 Å². The lowest BCUT2D eigenvalue weighted by Crippen LogP contribution is -2.24. The lowest BCUT2D eigenvalue weighted by atomic mass is 9.82. The van der Waals surface area contributed by atoms with Crippen molar-refractivity contribution in [2.24, 2.45) is 5.92 Å². The lowest BCUT2D eigenvalue weighted by molar-refractivity contribution is -0.119. The zero-order valence-electron chi connectivity index (χ0n) is 16.4. The number of fused-ring (bicyclic) bond motifs is 1. The van der Waals surface area contributed by atoms with E-state index in [0.717, 1.165) is 31.2 Å². The summed E-state index contributed by atoms with van der Waals surface area (Å²) >= 11 is 5.97. The van der Waals surface area contributed by atoms with Crippen LogP contribution in [0.2, 0.25) is 5.02 Å². The highest BCUT2D eigenvalue weighted by molar-refractivity contribution is 6.30. The minimum absolute atomic E-state index is 0.0343. The van der Waals surface area contributed by atoms with Gasteiger partial charge in [0.25, 0.3) is 0 Å². The van der Waals surface area contributed by atoms with Gasteiger partial charge in [0.15, 0.2) is 5.78 Å². The molecule has 6 heteroatoms. The molecule has 0 unspecified atom stereocenters. The summed E-state index contributed by atoms with van der Waals surface area (Å²) in [5.41, 5.74) is 2.32. The Labute approximate surface area is 170 Å². The molecule has 2 aromatic rings. The van der Waals surface area contributed by atoms with E-state index in [2.05, 4.69) is 22.2 Å². The van der Waals surface area contributed by atoms with Crippen LogP contribution in [0.4, 0.5) is 5.95 Å². The number of ketones is 1. The fraction of sp³-hybridized carbons (Fsp3) is 0.455. The number of anilines is 1.